The molecule has 2 aliphatic heterocycles. The van der Waals surface area contributed by atoms with Gasteiger partial charge in [0, 0.05) is 67.6 Å². The SMILES string of the molecule is C=c1cccc(N=Nc2c(S(=O)(=O)O)cc3cc(S(=O)(=O)O)cc(Nc4nc(Cl)nc(Cc5cccc(NS(C)(=O)=O)c5)n4)c3c2O)c1=C.CS(=O)(=O)O.CS(=O)(=O)O.CS(=O)(=O)O.[Zn+2].c1ccc2c(c1)-c1nc-2nc2[n-]c(nc3nc(nc4[n-]c(n1)c1ccccc41)-c1ccccc1-3)c1ccccc21. The van der Waals surface area contributed by atoms with E-state index in [1.165, 1.54) is 12.1 Å². The van der Waals surface area contributed by atoms with Gasteiger partial charge in [0.1, 0.15) is 16.4 Å². The summed E-state index contributed by atoms with van der Waals surface area (Å²) in [5.74, 6) is 1.15. The number of azo groups is 1. The summed E-state index contributed by atoms with van der Waals surface area (Å²) in [5.41, 5.74) is 5.81. The molecule has 0 aliphatic carbocycles. The number of phenolic OH excluding ortho intramolecular Hbond substituents is 1. The number of hydrogen-bond donors (Lipinski definition) is 8. The van der Waals surface area contributed by atoms with Crippen LogP contribution < -0.4 is 30.4 Å². The molecule has 0 fully saturated rings. The molecule has 0 amide bonds. The summed E-state index contributed by atoms with van der Waals surface area (Å²) in [7, 11) is -24.6. The first-order valence-corrected chi connectivity index (χ1v) is 39.9. The van der Waals surface area contributed by atoms with Crippen LogP contribution in [-0.4, -0.2) is 148 Å². The summed E-state index contributed by atoms with van der Waals surface area (Å²) in [4.78, 5) is 50.0. The molecule has 2 aliphatic rings. The zero-order valence-electron chi connectivity index (χ0n) is 54.6. The van der Waals surface area contributed by atoms with Gasteiger partial charge in [-0.15, -0.1) is 10.2 Å². The molecular weight excluding hydrogens is 1560 g/mol. The number of aromatic hydroxyl groups is 1. The van der Waals surface area contributed by atoms with Crippen LogP contribution in [0.1, 0.15) is 11.4 Å². The first-order chi connectivity index (χ1) is 48.6. The first kappa shape index (κ1) is 78.7. The van der Waals surface area contributed by atoms with E-state index in [-0.39, 0.29) is 70.8 Å². The fourth-order valence-electron chi connectivity index (χ4n) is 10.1. The van der Waals surface area contributed by atoms with Gasteiger partial charge in [0.15, 0.2) is 5.75 Å². The van der Waals surface area contributed by atoms with Crippen molar-refractivity contribution >= 4 is 169 Å². The third-order valence-corrected chi connectivity index (χ3v) is 16.5. The number of phenols is 1. The van der Waals surface area contributed by atoms with Crippen molar-refractivity contribution in [3.8, 4) is 51.3 Å². The van der Waals surface area contributed by atoms with E-state index in [9.17, 15) is 64.7 Å². The van der Waals surface area contributed by atoms with Crippen molar-refractivity contribution in [1.29, 1.82) is 0 Å². The van der Waals surface area contributed by atoms with Gasteiger partial charge >= 0.3 is 19.5 Å². The van der Waals surface area contributed by atoms with Crippen molar-refractivity contribution in [3.63, 3.8) is 0 Å². The first-order valence-electron chi connectivity index (χ1n) is 29.2. The van der Waals surface area contributed by atoms with Gasteiger partial charge in [0.25, 0.3) is 50.6 Å². The van der Waals surface area contributed by atoms with Crippen LogP contribution >= 0.6 is 11.6 Å². The Morgan fingerprint density at radius 1 is 0.486 bits per heavy atom. The molecule has 0 saturated heterocycles. The maximum atomic E-state index is 12.4. The molecule has 8 N–H and O–H groups in total. The van der Waals surface area contributed by atoms with Crippen LogP contribution in [0.4, 0.5) is 28.7 Å². The second kappa shape index (κ2) is 31.1. The monoisotopic (exact) mass is 1610 g/mol. The molecule has 0 spiro atoms. The van der Waals surface area contributed by atoms with Crippen molar-refractivity contribution in [2.75, 3.05) is 35.1 Å². The van der Waals surface area contributed by atoms with Crippen LogP contribution in [0.3, 0.4) is 0 Å². The third-order valence-electron chi connectivity index (χ3n) is 14.0. The Kier molecular flexibility index (Phi) is 23.3. The molecular formula is C64H52ClN15O18S6Zn. The summed E-state index contributed by atoms with van der Waals surface area (Å²) < 4.78 is 172. The predicted octanol–water partition coefficient (Wildman–Crippen LogP) is 8.46. The van der Waals surface area contributed by atoms with Crippen molar-refractivity contribution in [2.24, 2.45) is 10.2 Å². The number of fused-ring (bicyclic) bond motifs is 21. The van der Waals surface area contributed by atoms with E-state index in [0.717, 1.165) is 68.3 Å². The second-order valence-electron chi connectivity index (χ2n) is 22.3. The topological polar surface area (TPSA) is 519 Å². The molecule has 8 aromatic carbocycles. The van der Waals surface area contributed by atoms with E-state index in [1.54, 1.807) is 30.3 Å². The smallest absolute Gasteiger partial charge is 0.505 e. The van der Waals surface area contributed by atoms with Gasteiger partial charge in [-0.25, -0.2) is 23.4 Å². The van der Waals surface area contributed by atoms with Gasteiger partial charge in [-0.1, -0.05) is 134 Å². The molecule has 6 heterocycles. The Balaban J connectivity index is 0.000000204. The minimum atomic E-state index is -5.11. The molecule has 0 radical (unpaired) electrons. The van der Waals surface area contributed by atoms with Crippen LogP contribution in [0.2, 0.25) is 5.28 Å². The number of halogens is 1. The van der Waals surface area contributed by atoms with E-state index >= 15 is 0 Å². The predicted molar refractivity (Wildman–Crippen MR) is 388 cm³/mol. The Morgan fingerprint density at radius 3 is 1.33 bits per heavy atom. The Hall–Kier alpha value is -10.5. The van der Waals surface area contributed by atoms with Gasteiger partial charge in [0.2, 0.25) is 21.3 Å². The summed E-state index contributed by atoms with van der Waals surface area (Å²) in [6.07, 6.45) is 3.17. The number of benzene rings is 8. The molecule has 105 heavy (non-hydrogen) atoms. The minimum absolute atomic E-state index is 0. The Morgan fingerprint density at radius 2 is 0.914 bits per heavy atom. The normalized spacial score (nSPS) is 12.0. The van der Waals surface area contributed by atoms with Crippen molar-refractivity contribution in [2.45, 2.75) is 16.2 Å². The van der Waals surface area contributed by atoms with Gasteiger partial charge in [-0.3, -0.25) is 27.5 Å². The number of hydrogen-bond acceptors (Lipinski definition) is 25. The zero-order chi connectivity index (χ0) is 75.6. The van der Waals surface area contributed by atoms with Crippen LogP contribution in [0.5, 0.6) is 5.75 Å². The average molecular weight is 1610 g/mol. The number of aromatic nitrogens is 11. The van der Waals surface area contributed by atoms with Crippen molar-refractivity contribution in [3.05, 3.63) is 185 Å². The van der Waals surface area contributed by atoms with E-state index in [1.807, 2.05) is 97.1 Å². The van der Waals surface area contributed by atoms with Crippen LogP contribution in [0, 0.1) is 0 Å². The van der Waals surface area contributed by atoms with Gasteiger partial charge < -0.3 is 40.3 Å². The fraction of sp³-hybridized carbons (Fsp3) is 0.0781. The van der Waals surface area contributed by atoms with Gasteiger partial charge in [0.05, 0.1) is 64.6 Å². The van der Waals surface area contributed by atoms with Crippen molar-refractivity contribution < 1.29 is 97.9 Å². The summed E-state index contributed by atoms with van der Waals surface area (Å²) in [6, 6.07) is 45.5. The molecule has 0 atom stereocenters. The van der Waals surface area contributed by atoms with Gasteiger partial charge in [-0.2, -0.15) is 52.1 Å². The number of rotatable bonds is 10. The molecule has 33 nitrogen and oxygen atoms in total. The maximum Gasteiger partial charge on any atom is 2.00 e. The molecule has 536 valence electrons. The largest absolute Gasteiger partial charge is 2.00 e. The van der Waals surface area contributed by atoms with Crippen LogP contribution in [0.25, 0.3) is 114 Å². The third kappa shape index (κ3) is 20.5. The maximum absolute atomic E-state index is 12.4. The standard InChI is InChI=1S/C32H16N8.C29H24ClN7O9S3.3CH4O3S.Zn/c1-2-10-18-17(9-1)25-33-26(18)38-28-21-13-5-6-14-22(21)30(35-28)40-32-24-16-8-7-15-23(24)31(36-32)39-29-20-12-4-3-11-19(20)27(34-29)37-25;1-15-6-4-9-21(16(15)2)35-36-26-23(49(44,45)46)13-18-12-20(48(41,42)43)14-22(25(18)27(26)38)31-29-33-24(32-28(30)34-29)11-17-7-5-8-19(10-17)37-47(3,39)40;3*1-5(2,3)4;/h1-16H;4-10,12-14,37-38H,1-2,11H2,3H3,(H,41,42,43)(H,44,45,46)(H,31,32,33,34);3*1H3,(H,2,3,4);/q-2;;;;;+2. The molecule has 41 heteroatoms. The molecule has 14 rings (SSSR count). The average Bonchev–Trinajstić information content (AvgIpc) is 1.36. The summed E-state index contributed by atoms with van der Waals surface area (Å²) in [5, 5.41) is 25.6. The van der Waals surface area contributed by atoms with E-state index in [2.05, 4.69) is 48.4 Å². The van der Waals surface area contributed by atoms with Gasteiger partial charge in [-0.05, 0) is 85.7 Å². The molecule has 8 bridgehead atoms. The Bertz CT molecular complexity index is 6150. The summed E-state index contributed by atoms with van der Waals surface area (Å²) >= 11 is 6.16. The zero-order valence-corrected chi connectivity index (χ0v) is 63.2. The summed E-state index contributed by atoms with van der Waals surface area (Å²) in [6.45, 7) is 7.64. The molecule has 12 aromatic rings. The number of nitrogens with zero attached hydrogens (tertiary/aromatic N) is 13. The Labute approximate surface area is 614 Å². The van der Waals surface area contributed by atoms with Crippen molar-refractivity contribution in [1.82, 2.24) is 54.8 Å². The van der Waals surface area contributed by atoms with E-state index in [4.69, 9.17) is 65.1 Å². The van der Waals surface area contributed by atoms with Crippen LogP contribution in [0.15, 0.2) is 178 Å². The molecule has 4 aromatic heterocycles. The molecule has 0 saturated carbocycles. The van der Waals surface area contributed by atoms with E-state index in [0.29, 0.717) is 80.7 Å². The molecule has 0 unspecified atom stereocenters. The second-order valence-corrected chi connectivity index (χ2v) is 31.6. The van der Waals surface area contributed by atoms with Crippen LogP contribution in [-0.2, 0) is 86.5 Å². The quantitative estimate of drug-likeness (QED) is 0.0361. The number of sulfonamides is 1. The minimum Gasteiger partial charge on any atom is -0.505 e. The fourth-order valence-corrected chi connectivity index (χ4v) is 12.0. The van der Waals surface area contributed by atoms with E-state index < -0.39 is 81.8 Å². The number of anilines is 3. The number of nitrogens with one attached hydrogen (secondary N) is 2.